The molecule has 0 saturated carbocycles. The van der Waals surface area contributed by atoms with Crippen LogP contribution in [0, 0.1) is 0 Å². The van der Waals surface area contributed by atoms with Gasteiger partial charge in [-0.3, -0.25) is 14.8 Å². The molecule has 2 aromatic carbocycles. The third kappa shape index (κ3) is 4.07. The minimum atomic E-state index is -0.625. The zero-order chi connectivity index (χ0) is 18.5. The van der Waals surface area contributed by atoms with Crippen molar-refractivity contribution in [2.45, 2.75) is 0 Å². The van der Waals surface area contributed by atoms with E-state index >= 15 is 0 Å². The Hall–Kier alpha value is -3.19. The van der Waals surface area contributed by atoms with E-state index in [-0.39, 0.29) is 0 Å². The van der Waals surface area contributed by atoms with E-state index in [9.17, 15) is 9.59 Å². The van der Waals surface area contributed by atoms with Crippen molar-refractivity contribution in [2.75, 3.05) is 19.0 Å². The van der Waals surface area contributed by atoms with Crippen molar-refractivity contribution in [2.24, 2.45) is 0 Å². The number of benzene rings is 2. The largest absolute Gasteiger partial charge is 0.495 e. The topological polar surface area (TPSA) is 90.4 Å². The van der Waals surface area contributed by atoms with Gasteiger partial charge in [-0.05, 0) is 36.4 Å². The summed E-state index contributed by atoms with van der Waals surface area (Å²) in [6.45, 7) is -0.430. The maximum absolute atomic E-state index is 12.1. The second-order valence-corrected chi connectivity index (χ2v) is 5.64. The van der Waals surface area contributed by atoms with Crippen LogP contribution < -0.4 is 10.1 Å². The Balaban J connectivity index is 1.59. The molecule has 1 aromatic heterocycles. The van der Waals surface area contributed by atoms with E-state index in [1.54, 1.807) is 42.6 Å². The van der Waals surface area contributed by atoms with Crippen molar-refractivity contribution in [3.63, 3.8) is 0 Å². The fourth-order valence-electron chi connectivity index (χ4n) is 2.25. The van der Waals surface area contributed by atoms with Gasteiger partial charge in [-0.15, -0.1) is 0 Å². The number of rotatable bonds is 5. The summed E-state index contributed by atoms with van der Waals surface area (Å²) < 4.78 is 10.1. The monoisotopic (exact) mass is 371 g/mol. The van der Waals surface area contributed by atoms with Crippen LogP contribution in [0.5, 0.6) is 5.75 Å². The number of ether oxygens (including phenoxy) is 2. The fraction of sp³-hybridized carbons (Fsp3) is 0.111. The molecule has 0 radical (unpaired) electrons. The Morgan fingerprint density at radius 3 is 2.58 bits per heavy atom. The number of amides is 1. The minimum absolute atomic E-state index is 0.290. The van der Waals surface area contributed by atoms with E-state index in [0.717, 1.165) is 0 Å². The fourth-order valence-corrected chi connectivity index (χ4v) is 2.50. The molecule has 0 aliphatic rings. The van der Waals surface area contributed by atoms with Gasteiger partial charge in [0.25, 0.3) is 5.91 Å². The standard InChI is InChI=1S/C18H14ClN3O4/c1-25-16-5-3-12(9-13(16)19)22-17(23)10-26-18(24)11-2-4-14-15(8-11)21-7-6-20-14/h2-9H,10H2,1H3,(H,22,23). The number of halogens is 1. The molecule has 0 bridgehead atoms. The van der Waals surface area contributed by atoms with E-state index in [2.05, 4.69) is 15.3 Å². The summed E-state index contributed by atoms with van der Waals surface area (Å²) in [6, 6.07) is 9.60. The Labute approximate surface area is 153 Å². The zero-order valence-electron chi connectivity index (χ0n) is 13.7. The Bertz CT molecular complexity index is 978. The average molecular weight is 372 g/mol. The van der Waals surface area contributed by atoms with Crippen LogP contribution >= 0.6 is 11.6 Å². The van der Waals surface area contributed by atoms with Gasteiger partial charge < -0.3 is 14.8 Å². The van der Waals surface area contributed by atoms with Gasteiger partial charge in [0.05, 0.1) is 28.7 Å². The second-order valence-electron chi connectivity index (χ2n) is 5.23. The van der Waals surface area contributed by atoms with Crippen LogP contribution in [0.2, 0.25) is 5.02 Å². The number of esters is 1. The van der Waals surface area contributed by atoms with Crippen molar-refractivity contribution >= 4 is 40.2 Å². The number of carbonyl (C=O) groups excluding carboxylic acids is 2. The molecule has 3 rings (SSSR count). The number of hydrogen-bond acceptors (Lipinski definition) is 6. The highest BCUT2D eigenvalue weighted by Gasteiger charge is 2.12. The van der Waals surface area contributed by atoms with Gasteiger partial charge in [-0.25, -0.2) is 4.79 Å². The lowest BCUT2D eigenvalue weighted by Gasteiger charge is -2.09. The summed E-state index contributed by atoms with van der Waals surface area (Å²) in [4.78, 5) is 32.3. The quantitative estimate of drug-likeness (QED) is 0.693. The van der Waals surface area contributed by atoms with Gasteiger partial charge in [-0.2, -0.15) is 0 Å². The molecule has 8 heteroatoms. The first kappa shape index (κ1) is 17.6. The number of nitrogens with one attached hydrogen (secondary N) is 1. The van der Waals surface area contributed by atoms with Crippen LogP contribution in [-0.4, -0.2) is 35.6 Å². The third-order valence-corrected chi connectivity index (χ3v) is 3.77. The minimum Gasteiger partial charge on any atom is -0.495 e. The van der Waals surface area contributed by atoms with Crippen LogP contribution in [0.25, 0.3) is 11.0 Å². The van der Waals surface area contributed by atoms with Gasteiger partial charge >= 0.3 is 5.97 Å². The molecular weight excluding hydrogens is 358 g/mol. The summed E-state index contributed by atoms with van der Waals surface area (Å²) in [7, 11) is 1.50. The highest BCUT2D eigenvalue weighted by atomic mass is 35.5. The molecule has 0 fully saturated rings. The molecule has 0 aliphatic carbocycles. The normalized spacial score (nSPS) is 10.4. The molecule has 1 heterocycles. The molecular formula is C18H14ClN3O4. The van der Waals surface area contributed by atoms with E-state index in [4.69, 9.17) is 21.1 Å². The molecule has 132 valence electrons. The van der Waals surface area contributed by atoms with E-state index in [1.165, 1.54) is 13.3 Å². The number of hydrogen-bond donors (Lipinski definition) is 1. The number of aromatic nitrogens is 2. The molecule has 3 aromatic rings. The Morgan fingerprint density at radius 1 is 1.08 bits per heavy atom. The van der Waals surface area contributed by atoms with Crippen molar-refractivity contribution in [1.29, 1.82) is 0 Å². The highest BCUT2D eigenvalue weighted by Crippen LogP contribution is 2.27. The number of anilines is 1. The molecule has 1 N–H and O–H groups in total. The summed E-state index contributed by atoms with van der Waals surface area (Å²) in [6.07, 6.45) is 3.10. The highest BCUT2D eigenvalue weighted by molar-refractivity contribution is 6.32. The van der Waals surface area contributed by atoms with Gasteiger partial charge in [0.15, 0.2) is 6.61 Å². The number of carbonyl (C=O) groups is 2. The van der Waals surface area contributed by atoms with Crippen LogP contribution in [0.15, 0.2) is 48.8 Å². The predicted molar refractivity (Wildman–Crippen MR) is 96.5 cm³/mol. The number of fused-ring (bicyclic) bond motifs is 1. The SMILES string of the molecule is COc1ccc(NC(=O)COC(=O)c2ccc3nccnc3c2)cc1Cl. The molecule has 1 amide bonds. The maximum Gasteiger partial charge on any atom is 0.338 e. The number of nitrogens with zero attached hydrogens (tertiary/aromatic N) is 2. The third-order valence-electron chi connectivity index (χ3n) is 3.47. The first-order chi connectivity index (χ1) is 12.6. The predicted octanol–water partition coefficient (Wildman–Crippen LogP) is 3.09. The van der Waals surface area contributed by atoms with E-state index < -0.39 is 18.5 Å². The lowest BCUT2D eigenvalue weighted by Crippen LogP contribution is -2.21. The smallest absolute Gasteiger partial charge is 0.338 e. The Morgan fingerprint density at radius 2 is 1.85 bits per heavy atom. The summed E-state index contributed by atoms with van der Waals surface area (Å²) >= 11 is 6.00. The molecule has 0 aliphatic heterocycles. The van der Waals surface area contributed by atoms with Gasteiger partial charge in [0.1, 0.15) is 5.75 Å². The zero-order valence-corrected chi connectivity index (χ0v) is 14.5. The van der Waals surface area contributed by atoms with Crippen LogP contribution in [0.1, 0.15) is 10.4 Å². The van der Waals surface area contributed by atoms with Crippen LogP contribution in [-0.2, 0) is 9.53 Å². The molecule has 0 atom stereocenters. The first-order valence-electron chi connectivity index (χ1n) is 7.58. The van der Waals surface area contributed by atoms with Gasteiger partial charge in [0.2, 0.25) is 0 Å². The molecule has 26 heavy (non-hydrogen) atoms. The van der Waals surface area contributed by atoms with Crippen molar-refractivity contribution < 1.29 is 19.1 Å². The number of methoxy groups -OCH3 is 1. The second kappa shape index (κ2) is 7.79. The summed E-state index contributed by atoms with van der Waals surface area (Å²) in [5.41, 5.74) is 1.99. The maximum atomic E-state index is 12.1. The van der Waals surface area contributed by atoms with Crippen molar-refractivity contribution in [3.05, 3.63) is 59.4 Å². The first-order valence-corrected chi connectivity index (χ1v) is 7.96. The van der Waals surface area contributed by atoms with E-state index in [1.807, 2.05) is 0 Å². The lowest BCUT2D eigenvalue weighted by atomic mass is 10.2. The Kier molecular flexibility index (Phi) is 5.28. The van der Waals surface area contributed by atoms with Crippen LogP contribution in [0.4, 0.5) is 5.69 Å². The van der Waals surface area contributed by atoms with Crippen molar-refractivity contribution in [3.8, 4) is 5.75 Å². The van der Waals surface area contributed by atoms with Gasteiger partial charge in [-0.1, -0.05) is 11.6 Å². The van der Waals surface area contributed by atoms with Crippen molar-refractivity contribution in [1.82, 2.24) is 9.97 Å². The molecule has 0 saturated heterocycles. The molecule has 0 spiro atoms. The van der Waals surface area contributed by atoms with E-state index in [0.29, 0.717) is 33.1 Å². The van der Waals surface area contributed by atoms with Gasteiger partial charge in [0, 0.05) is 18.1 Å². The lowest BCUT2D eigenvalue weighted by molar-refractivity contribution is -0.119. The average Bonchev–Trinajstić information content (AvgIpc) is 2.66. The summed E-state index contributed by atoms with van der Waals surface area (Å²) in [5.74, 6) is -0.615. The van der Waals surface area contributed by atoms with Crippen LogP contribution in [0.3, 0.4) is 0 Å². The molecule has 0 unspecified atom stereocenters. The molecule has 7 nitrogen and oxygen atoms in total. The summed E-state index contributed by atoms with van der Waals surface area (Å²) in [5, 5.41) is 2.95.